The number of hydrogen-bond acceptors (Lipinski definition) is 5. The van der Waals surface area contributed by atoms with Crippen LogP contribution in [0, 0.1) is 6.92 Å². The van der Waals surface area contributed by atoms with Gasteiger partial charge in [-0.25, -0.2) is 9.97 Å². The second-order valence-corrected chi connectivity index (χ2v) is 4.74. The molecule has 114 valence electrons. The lowest BCUT2D eigenvalue weighted by atomic mass is 10.1. The molecular weight excluding hydrogens is 282 g/mol. The molecule has 0 aliphatic heterocycles. The van der Waals surface area contributed by atoms with Crippen molar-refractivity contribution in [2.24, 2.45) is 5.73 Å². The Kier molecular flexibility index (Phi) is 5.02. The molecule has 0 fully saturated rings. The number of aryl methyl sites for hydroxylation is 1. The van der Waals surface area contributed by atoms with Crippen LogP contribution in [-0.4, -0.2) is 28.3 Å². The highest BCUT2D eigenvalue weighted by molar-refractivity contribution is 5.96. The van der Waals surface area contributed by atoms with Gasteiger partial charge in [0.1, 0.15) is 12.1 Å². The lowest BCUT2D eigenvalue weighted by Gasteiger charge is -2.07. The lowest BCUT2D eigenvalue weighted by Crippen LogP contribution is -2.33. The van der Waals surface area contributed by atoms with Crippen molar-refractivity contribution in [1.29, 1.82) is 0 Å². The smallest absolute Gasteiger partial charge is 0.251 e. The first-order chi connectivity index (χ1) is 10.5. The Bertz CT molecular complexity index is 670. The molecule has 22 heavy (non-hydrogen) atoms. The van der Waals surface area contributed by atoms with E-state index < -0.39 is 5.91 Å². The molecule has 2 aromatic rings. The molecule has 0 radical (unpaired) electrons. The fourth-order valence-electron chi connectivity index (χ4n) is 1.79. The van der Waals surface area contributed by atoms with E-state index in [-0.39, 0.29) is 12.5 Å². The summed E-state index contributed by atoms with van der Waals surface area (Å²) in [4.78, 5) is 30.5. The molecule has 2 rings (SSSR count). The zero-order valence-corrected chi connectivity index (χ0v) is 12.2. The Morgan fingerprint density at radius 3 is 2.55 bits per heavy atom. The molecule has 4 N–H and O–H groups in total. The minimum atomic E-state index is -0.575. The third-order valence-corrected chi connectivity index (χ3v) is 2.92. The van der Waals surface area contributed by atoms with Gasteiger partial charge in [-0.2, -0.15) is 0 Å². The van der Waals surface area contributed by atoms with Gasteiger partial charge < -0.3 is 16.4 Å². The standard InChI is InChI=1S/C15H17N5O2/c1-10-6-14(20-9-19-10)17-7-11-2-4-12(5-3-11)15(22)18-8-13(16)21/h2-6,9H,7-8H2,1H3,(H2,16,21)(H,18,22)(H,17,19,20). The first-order valence-electron chi connectivity index (χ1n) is 6.72. The number of benzene rings is 1. The van der Waals surface area contributed by atoms with Gasteiger partial charge in [0, 0.05) is 23.9 Å². The van der Waals surface area contributed by atoms with Gasteiger partial charge in [-0.3, -0.25) is 9.59 Å². The fourth-order valence-corrected chi connectivity index (χ4v) is 1.79. The highest BCUT2D eigenvalue weighted by Gasteiger charge is 2.06. The van der Waals surface area contributed by atoms with Crippen molar-refractivity contribution in [2.75, 3.05) is 11.9 Å². The van der Waals surface area contributed by atoms with E-state index in [9.17, 15) is 9.59 Å². The number of hydrogen-bond donors (Lipinski definition) is 3. The molecule has 0 aliphatic rings. The number of anilines is 1. The Morgan fingerprint density at radius 2 is 1.91 bits per heavy atom. The van der Waals surface area contributed by atoms with Gasteiger partial charge in [-0.15, -0.1) is 0 Å². The molecule has 1 aromatic heterocycles. The normalized spacial score (nSPS) is 10.0. The zero-order valence-electron chi connectivity index (χ0n) is 12.2. The van der Waals surface area contributed by atoms with Gasteiger partial charge in [0.2, 0.25) is 5.91 Å². The fraction of sp³-hybridized carbons (Fsp3) is 0.200. The monoisotopic (exact) mass is 299 g/mol. The number of carbonyl (C=O) groups is 2. The molecule has 1 aromatic carbocycles. The first kappa shape index (κ1) is 15.4. The van der Waals surface area contributed by atoms with Crippen molar-refractivity contribution in [1.82, 2.24) is 15.3 Å². The molecule has 0 atom stereocenters. The first-order valence-corrected chi connectivity index (χ1v) is 6.72. The molecule has 0 saturated heterocycles. The number of nitrogens with zero attached hydrogens (tertiary/aromatic N) is 2. The van der Waals surface area contributed by atoms with Crippen LogP contribution in [0.25, 0.3) is 0 Å². The van der Waals surface area contributed by atoms with E-state index in [1.54, 1.807) is 12.1 Å². The molecule has 0 bridgehead atoms. The van der Waals surface area contributed by atoms with Crippen molar-refractivity contribution in [3.63, 3.8) is 0 Å². The average molecular weight is 299 g/mol. The molecule has 0 aliphatic carbocycles. The van der Waals surface area contributed by atoms with E-state index in [1.165, 1.54) is 6.33 Å². The van der Waals surface area contributed by atoms with Crippen LogP contribution in [0.3, 0.4) is 0 Å². The number of primary amides is 1. The summed E-state index contributed by atoms with van der Waals surface area (Å²) in [5.41, 5.74) is 7.34. The van der Waals surface area contributed by atoms with Crippen LogP contribution in [0.4, 0.5) is 5.82 Å². The Morgan fingerprint density at radius 1 is 1.18 bits per heavy atom. The predicted octanol–water partition coefficient (Wildman–Crippen LogP) is 0.612. The lowest BCUT2D eigenvalue weighted by molar-refractivity contribution is -0.117. The largest absolute Gasteiger partial charge is 0.368 e. The van der Waals surface area contributed by atoms with E-state index in [0.717, 1.165) is 17.1 Å². The van der Waals surface area contributed by atoms with Gasteiger partial charge in [0.25, 0.3) is 5.91 Å². The van der Waals surface area contributed by atoms with E-state index in [0.29, 0.717) is 12.1 Å². The molecule has 1 heterocycles. The molecule has 0 saturated carbocycles. The van der Waals surface area contributed by atoms with Crippen molar-refractivity contribution >= 4 is 17.6 Å². The topological polar surface area (TPSA) is 110 Å². The summed E-state index contributed by atoms with van der Waals surface area (Å²) < 4.78 is 0. The maximum atomic E-state index is 11.7. The van der Waals surface area contributed by atoms with Crippen LogP contribution in [-0.2, 0) is 11.3 Å². The third-order valence-electron chi connectivity index (χ3n) is 2.92. The van der Waals surface area contributed by atoms with Gasteiger partial charge in [-0.1, -0.05) is 12.1 Å². The van der Waals surface area contributed by atoms with Crippen LogP contribution in [0.5, 0.6) is 0 Å². The summed E-state index contributed by atoms with van der Waals surface area (Å²) in [6.07, 6.45) is 1.50. The molecule has 7 heteroatoms. The zero-order chi connectivity index (χ0) is 15.9. The summed E-state index contributed by atoms with van der Waals surface area (Å²) in [7, 11) is 0. The van der Waals surface area contributed by atoms with Crippen LogP contribution in [0.2, 0.25) is 0 Å². The molecule has 7 nitrogen and oxygen atoms in total. The summed E-state index contributed by atoms with van der Waals surface area (Å²) in [6, 6.07) is 8.91. The summed E-state index contributed by atoms with van der Waals surface area (Å²) in [5, 5.41) is 5.61. The minimum Gasteiger partial charge on any atom is -0.368 e. The number of rotatable bonds is 6. The van der Waals surface area contributed by atoms with E-state index in [1.807, 2.05) is 25.1 Å². The minimum absolute atomic E-state index is 0.171. The second-order valence-electron chi connectivity index (χ2n) is 4.74. The van der Waals surface area contributed by atoms with Crippen molar-refractivity contribution in [3.05, 3.63) is 53.5 Å². The third kappa shape index (κ3) is 4.55. The summed E-state index contributed by atoms with van der Waals surface area (Å²) >= 11 is 0. The molecule has 2 amide bonds. The Balaban J connectivity index is 1.91. The van der Waals surface area contributed by atoms with E-state index >= 15 is 0 Å². The predicted molar refractivity (Wildman–Crippen MR) is 82.1 cm³/mol. The van der Waals surface area contributed by atoms with Crippen LogP contribution >= 0.6 is 0 Å². The highest BCUT2D eigenvalue weighted by Crippen LogP contribution is 2.08. The van der Waals surface area contributed by atoms with Gasteiger partial charge in [0.05, 0.1) is 6.54 Å². The maximum absolute atomic E-state index is 11.7. The second kappa shape index (κ2) is 7.16. The molecular formula is C15H17N5O2. The van der Waals surface area contributed by atoms with Crippen LogP contribution in [0.15, 0.2) is 36.7 Å². The van der Waals surface area contributed by atoms with E-state index in [2.05, 4.69) is 20.6 Å². The quantitative estimate of drug-likeness (QED) is 0.724. The number of nitrogens with one attached hydrogen (secondary N) is 2. The van der Waals surface area contributed by atoms with Crippen LogP contribution < -0.4 is 16.4 Å². The molecule has 0 unspecified atom stereocenters. The number of carbonyl (C=O) groups excluding carboxylic acids is 2. The van der Waals surface area contributed by atoms with Crippen molar-refractivity contribution in [3.8, 4) is 0 Å². The van der Waals surface area contributed by atoms with E-state index in [4.69, 9.17) is 5.73 Å². The summed E-state index contributed by atoms with van der Waals surface area (Å²) in [5.74, 6) is -0.158. The average Bonchev–Trinajstić information content (AvgIpc) is 2.51. The van der Waals surface area contributed by atoms with Crippen molar-refractivity contribution < 1.29 is 9.59 Å². The van der Waals surface area contributed by atoms with Gasteiger partial charge in [0.15, 0.2) is 0 Å². The van der Waals surface area contributed by atoms with Gasteiger partial charge >= 0.3 is 0 Å². The summed E-state index contributed by atoms with van der Waals surface area (Å²) in [6.45, 7) is 2.31. The number of aromatic nitrogens is 2. The van der Waals surface area contributed by atoms with Gasteiger partial charge in [-0.05, 0) is 24.6 Å². The Labute approximate surface area is 128 Å². The SMILES string of the molecule is Cc1cc(NCc2ccc(C(=O)NCC(N)=O)cc2)ncn1. The molecule has 0 spiro atoms. The number of nitrogens with two attached hydrogens (primary N) is 1. The Hall–Kier alpha value is -2.96. The van der Waals surface area contributed by atoms with Crippen LogP contribution in [0.1, 0.15) is 21.6 Å². The maximum Gasteiger partial charge on any atom is 0.251 e. The highest BCUT2D eigenvalue weighted by atomic mass is 16.2. The number of amides is 2. The van der Waals surface area contributed by atoms with Crippen molar-refractivity contribution in [2.45, 2.75) is 13.5 Å².